The van der Waals surface area contributed by atoms with Crippen molar-refractivity contribution in [1.29, 1.82) is 0 Å². The van der Waals surface area contributed by atoms with Crippen LogP contribution < -0.4 is 5.32 Å². The smallest absolute Gasteiger partial charge is 0.308 e. The summed E-state index contributed by atoms with van der Waals surface area (Å²) in [5.41, 5.74) is 1.23. The summed E-state index contributed by atoms with van der Waals surface area (Å²) in [6.45, 7) is 1.81. The predicted molar refractivity (Wildman–Crippen MR) is 64.2 cm³/mol. The van der Waals surface area contributed by atoms with E-state index in [2.05, 4.69) is 10.4 Å². The summed E-state index contributed by atoms with van der Waals surface area (Å²) in [4.78, 5) is 23.1. The number of aromatic nitrogens is 2. The van der Waals surface area contributed by atoms with Crippen molar-refractivity contribution in [2.75, 3.05) is 0 Å². The van der Waals surface area contributed by atoms with Crippen LogP contribution in [-0.4, -0.2) is 32.8 Å². The average molecular weight is 251 g/mol. The fourth-order valence-corrected chi connectivity index (χ4v) is 2.49. The first-order valence-corrected chi connectivity index (χ1v) is 6.03. The highest BCUT2D eigenvalue weighted by molar-refractivity contribution is 5.93. The Morgan fingerprint density at radius 1 is 1.50 bits per heavy atom. The van der Waals surface area contributed by atoms with E-state index >= 15 is 0 Å². The van der Waals surface area contributed by atoms with Gasteiger partial charge in [0.25, 0.3) is 5.91 Å². The lowest BCUT2D eigenvalue weighted by molar-refractivity contribution is -0.142. The highest BCUT2D eigenvalue weighted by Gasteiger charge is 2.34. The Labute approximate surface area is 105 Å². The number of aliphatic carboxylic acids is 1. The lowest BCUT2D eigenvalue weighted by Gasteiger charge is -2.17. The van der Waals surface area contributed by atoms with E-state index in [0.717, 1.165) is 18.5 Å². The molecule has 1 amide bonds. The van der Waals surface area contributed by atoms with Crippen LogP contribution in [0.25, 0.3) is 0 Å². The standard InChI is InChI=1S/C12H17N3O3/c1-7-6-10(15(2)14-7)11(16)13-9-5-3-4-8(9)12(17)18/h6,8-9H,3-5H2,1-2H3,(H,13,16)(H,17,18). The Bertz CT molecular complexity index is 481. The van der Waals surface area contributed by atoms with Crippen LogP contribution in [0.15, 0.2) is 6.07 Å². The van der Waals surface area contributed by atoms with Gasteiger partial charge in [-0.05, 0) is 25.8 Å². The molecule has 1 saturated carbocycles. The molecule has 98 valence electrons. The van der Waals surface area contributed by atoms with Crippen LogP contribution in [0.5, 0.6) is 0 Å². The minimum absolute atomic E-state index is 0.253. The monoisotopic (exact) mass is 251 g/mol. The topological polar surface area (TPSA) is 84.2 Å². The Balaban J connectivity index is 2.07. The Morgan fingerprint density at radius 3 is 2.78 bits per heavy atom. The largest absolute Gasteiger partial charge is 0.481 e. The number of carbonyl (C=O) groups is 2. The maximum Gasteiger partial charge on any atom is 0.308 e. The maximum atomic E-state index is 12.0. The number of hydrogen-bond donors (Lipinski definition) is 2. The van der Waals surface area contributed by atoms with Gasteiger partial charge < -0.3 is 10.4 Å². The molecule has 2 unspecified atom stereocenters. The average Bonchev–Trinajstić information content (AvgIpc) is 2.85. The van der Waals surface area contributed by atoms with E-state index in [9.17, 15) is 9.59 Å². The van der Waals surface area contributed by atoms with Crippen molar-refractivity contribution in [3.05, 3.63) is 17.5 Å². The Hall–Kier alpha value is -1.85. The van der Waals surface area contributed by atoms with Crippen LogP contribution in [0, 0.1) is 12.8 Å². The van der Waals surface area contributed by atoms with Gasteiger partial charge in [0, 0.05) is 13.1 Å². The zero-order valence-electron chi connectivity index (χ0n) is 10.5. The highest BCUT2D eigenvalue weighted by atomic mass is 16.4. The molecule has 1 heterocycles. The third-order valence-corrected chi connectivity index (χ3v) is 3.38. The molecule has 6 heteroatoms. The molecular weight excluding hydrogens is 234 g/mol. The fraction of sp³-hybridized carbons (Fsp3) is 0.583. The lowest BCUT2D eigenvalue weighted by Crippen LogP contribution is -2.40. The number of carboxylic acids is 1. The van der Waals surface area contributed by atoms with Crippen LogP contribution in [-0.2, 0) is 11.8 Å². The van der Waals surface area contributed by atoms with Gasteiger partial charge in [0.2, 0.25) is 0 Å². The van der Waals surface area contributed by atoms with Crippen molar-refractivity contribution < 1.29 is 14.7 Å². The summed E-state index contributed by atoms with van der Waals surface area (Å²) >= 11 is 0. The molecule has 18 heavy (non-hydrogen) atoms. The molecule has 0 aliphatic heterocycles. The van der Waals surface area contributed by atoms with Gasteiger partial charge in [-0.25, -0.2) is 0 Å². The fourth-order valence-electron chi connectivity index (χ4n) is 2.49. The minimum atomic E-state index is -0.834. The zero-order valence-corrected chi connectivity index (χ0v) is 10.5. The number of amides is 1. The Morgan fingerprint density at radius 2 is 2.22 bits per heavy atom. The van der Waals surface area contributed by atoms with Crippen molar-refractivity contribution in [3.8, 4) is 0 Å². The Kier molecular flexibility index (Phi) is 3.36. The predicted octanol–water partition coefficient (Wildman–Crippen LogP) is 0.712. The van der Waals surface area contributed by atoms with Crippen molar-refractivity contribution in [1.82, 2.24) is 15.1 Å². The van der Waals surface area contributed by atoms with Crippen LogP contribution >= 0.6 is 0 Å². The summed E-state index contributed by atoms with van der Waals surface area (Å²) in [6.07, 6.45) is 2.19. The number of nitrogens with zero attached hydrogens (tertiary/aromatic N) is 2. The number of hydrogen-bond acceptors (Lipinski definition) is 3. The van der Waals surface area contributed by atoms with Gasteiger partial charge in [0.15, 0.2) is 0 Å². The zero-order chi connectivity index (χ0) is 13.3. The molecule has 1 aromatic heterocycles. The van der Waals surface area contributed by atoms with Crippen LogP contribution in [0.3, 0.4) is 0 Å². The first-order chi connectivity index (χ1) is 8.49. The SMILES string of the molecule is Cc1cc(C(=O)NC2CCCC2C(=O)O)n(C)n1. The van der Waals surface area contributed by atoms with Gasteiger partial charge in [-0.3, -0.25) is 14.3 Å². The minimum Gasteiger partial charge on any atom is -0.481 e. The molecule has 2 N–H and O–H groups in total. The second-order valence-electron chi connectivity index (χ2n) is 4.75. The first-order valence-electron chi connectivity index (χ1n) is 6.03. The van der Waals surface area contributed by atoms with Crippen molar-refractivity contribution >= 4 is 11.9 Å². The van der Waals surface area contributed by atoms with E-state index < -0.39 is 11.9 Å². The van der Waals surface area contributed by atoms with Gasteiger partial charge in [-0.2, -0.15) is 5.10 Å². The van der Waals surface area contributed by atoms with E-state index in [1.807, 2.05) is 6.92 Å². The molecule has 0 radical (unpaired) electrons. The molecule has 1 aliphatic rings. The summed E-state index contributed by atoms with van der Waals surface area (Å²) in [6, 6.07) is 1.42. The van der Waals surface area contributed by atoms with E-state index in [4.69, 9.17) is 5.11 Å². The van der Waals surface area contributed by atoms with Crippen LogP contribution in [0.4, 0.5) is 0 Å². The van der Waals surface area contributed by atoms with Crippen LogP contribution in [0.1, 0.15) is 35.4 Å². The van der Waals surface area contributed by atoms with Gasteiger partial charge >= 0.3 is 5.97 Å². The second-order valence-corrected chi connectivity index (χ2v) is 4.75. The van der Waals surface area contributed by atoms with Crippen LogP contribution in [0.2, 0.25) is 0 Å². The lowest BCUT2D eigenvalue weighted by atomic mass is 10.0. The second kappa shape index (κ2) is 4.80. The molecule has 0 spiro atoms. The van der Waals surface area contributed by atoms with Gasteiger partial charge in [0.1, 0.15) is 5.69 Å². The van der Waals surface area contributed by atoms with Crippen molar-refractivity contribution in [2.24, 2.45) is 13.0 Å². The molecule has 0 aromatic carbocycles. The molecule has 1 fully saturated rings. The van der Waals surface area contributed by atoms with E-state index in [-0.39, 0.29) is 11.9 Å². The van der Waals surface area contributed by atoms with Crippen molar-refractivity contribution in [3.63, 3.8) is 0 Å². The van der Waals surface area contributed by atoms with E-state index in [1.54, 1.807) is 13.1 Å². The molecule has 6 nitrogen and oxygen atoms in total. The molecule has 2 atom stereocenters. The van der Waals surface area contributed by atoms with Crippen molar-refractivity contribution in [2.45, 2.75) is 32.2 Å². The molecule has 0 saturated heterocycles. The maximum absolute atomic E-state index is 12.0. The van der Waals surface area contributed by atoms with Gasteiger partial charge in [-0.15, -0.1) is 0 Å². The quantitative estimate of drug-likeness (QED) is 0.828. The van der Waals surface area contributed by atoms with Gasteiger partial charge in [-0.1, -0.05) is 6.42 Å². The summed E-state index contributed by atoms with van der Waals surface area (Å²) < 4.78 is 1.51. The number of carbonyl (C=O) groups excluding carboxylic acids is 1. The number of aryl methyl sites for hydroxylation is 2. The number of rotatable bonds is 3. The van der Waals surface area contributed by atoms with Gasteiger partial charge in [0.05, 0.1) is 11.6 Å². The summed E-state index contributed by atoms with van der Waals surface area (Å²) in [5, 5.41) is 16.0. The summed E-state index contributed by atoms with van der Waals surface area (Å²) in [5.74, 6) is -1.56. The molecule has 2 rings (SSSR count). The molecule has 0 bridgehead atoms. The third kappa shape index (κ3) is 2.37. The molecular formula is C12H17N3O3. The number of nitrogens with one attached hydrogen (secondary N) is 1. The highest BCUT2D eigenvalue weighted by Crippen LogP contribution is 2.26. The van der Waals surface area contributed by atoms with E-state index in [0.29, 0.717) is 12.1 Å². The van der Waals surface area contributed by atoms with E-state index in [1.165, 1.54) is 4.68 Å². The normalized spacial score (nSPS) is 23.0. The summed E-state index contributed by atoms with van der Waals surface area (Å²) in [7, 11) is 1.70. The number of carboxylic acid groups (broad SMARTS) is 1. The third-order valence-electron chi connectivity index (χ3n) is 3.38. The first kappa shape index (κ1) is 12.6. The molecule has 1 aliphatic carbocycles. The molecule has 1 aromatic rings.